The van der Waals surface area contributed by atoms with E-state index in [1.54, 1.807) is 6.07 Å². The standard InChI is InChI=1S/C27H20BrFN2O8/c1-36-21-12-15(13-22(37-2)23(21)38-3)26(34)39-20-9-8-16(28)10-14(20)11-17-24(32)30-27(35)31(25(17)33)19-7-5-4-6-18(19)29/h4-13H,1-3H3,(H,30,32,35)/b17-11-. The molecule has 200 valence electrons. The van der Waals surface area contributed by atoms with E-state index in [0.29, 0.717) is 9.37 Å². The van der Waals surface area contributed by atoms with Gasteiger partial charge in [-0.1, -0.05) is 28.1 Å². The first-order valence-electron chi connectivity index (χ1n) is 11.2. The Morgan fingerprint density at radius 2 is 1.59 bits per heavy atom. The maximum absolute atomic E-state index is 14.4. The van der Waals surface area contributed by atoms with Crippen LogP contribution in [0, 0.1) is 5.82 Å². The molecule has 0 atom stereocenters. The van der Waals surface area contributed by atoms with Crippen LogP contribution in [0.5, 0.6) is 23.0 Å². The number of carbonyl (C=O) groups is 4. The lowest BCUT2D eigenvalue weighted by atomic mass is 10.1. The molecule has 1 aliphatic heterocycles. The molecule has 0 radical (unpaired) electrons. The number of hydrogen-bond acceptors (Lipinski definition) is 8. The van der Waals surface area contributed by atoms with Crippen LogP contribution in [-0.2, 0) is 9.59 Å². The zero-order chi connectivity index (χ0) is 28.3. The number of esters is 1. The number of imide groups is 2. The van der Waals surface area contributed by atoms with Crippen LogP contribution in [0.25, 0.3) is 6.08 Å². The lowest BCUT2D eigenvalue weighted by molar-refractivity contribution is -0.122. The Balaban J connectivity index is 1.72. The third kappa shape index (κ3) is 5.46. The number of ether oxygens (including phenoxy) is 4. The highest BCUT2D eigenvalue weighted by Crippen LogP contribution is 2.38. The fraction of sp³-hybridized carbons (Fsp3) is 0.111. The number of nitrogens with one attached hydrogen (secondary N) is 1. The molecule has 39 heavy (non-hydrogen) atoms. The van der Waals surface area contributed by atoms with Crippen LogP contribution in [0.1, 0.15) is 15.9 Å². The number of carbonyl (C=O) groups excluding carboxylic acids is 4. The predicted molar refractivity (Wildman–Crippen MR) is 141 cm³/mol. The van der Waals surface area contributed by atoms with Gasteiger partial charge in [-0.3, -0.25) is 14.9 Å². The van der Waals surface area contributed by atoms with E-state index < -0.39 is 35.2 Å². The number of amides is 4. The number of anilines is 1. The Kier molecular flexibility index (Phi) is 7.96. The second-order valence-corrected chi connectivity index (χ2v) is 8.81. The molecule has 1 N–H and O–H groups in total. The van der Waals surface area contributed by atoms with Gasteiger partial charge >= 0.3 is 12.0 Å². The van der Waals surface area contributed by atoms with Crippen LogP contribution in [0.2, 0.25) is 0 Å². The maximum atomic E-state index is 14.4. The molecule has 0 aliphatic carbocycles. The van der Waals surface area contributed by atoms with Gasteiger partial charge in [-0.05, 0) is 48.5 Å². The SMILES string of the molecule is COc1cc(C(=O)Oc2ccc(Br)cc2/C=C2/C(=O)NC(=O)N(c3ccccc3F)C2=O)cc(OC)c1OC. The van der Waals surface area contributed by atoms with Crippen molar-refractivity contribution in [2.75, 3.05) is 26.2 Å². The van der Waals surface area contributed by atoms with E-state index in [0.717, 1.165) is 12.1 Å². The molecule has 3 aromatic carbocycles. The molecule has 1 aliphatic rings. The summed E-state index contributed by atoms with van der Waals surface area (Å²) in [4.78, 5) is 51.8. The fourth-order valence-electron chi connectivity index (χ4n) is 3.75. The number of barbiturate groups is 1. The molecular formula is C27H20BrFN2O8. The van der Waals surface area contributed by atoms with E-state index in [2.05, 4.69) is 15.9 Å². The van der Waals surface area contributed by atoms with Crippen molar-refractivity contribution < 1.29 is 42.5 Å². The second-order valence-electron chi connectivity index (χ2n) is 7.89. The predicted octanol–water partition coefficient (Wildman–Crippen LogP) is 4.50. The van der Waals surface area contributed by atoms with Crippen molar-refractivity contribution in [3.63, 3.8) is 0 Å². The van der Waals surface area contributed by atoms with Gasteiger partial charge in [-0.25, -0.2) is 18.9 Å². The average molecular weight is 599 g/mol. The highest BCUT2D eigenvalue weighted by molar-refractivity contribution is 9.10. The van der Waals surface area contributed by atoms with Crippen molar-refractivity contribution in [1.82, 2.24) is 5.32 Å². The molecule has 1 heterocycles. The van der Waals surface area contributed by atoms with Crippen molar-refractivity contribution >= 4 is 51.5 Å². The number of hydrogen-bond donors (Lipinski definition) is 1. The molecule has 0 spiro atoms. The first-order chi connectivity index (χ1) is 18.7. The number of para-hydroxylation sites is 1. The van der Waals surface area contributed by atoms with Gasteiger partial charge in [-0.2, -0.15) is 0 Å². The molecule has 0 unspecified atom stereocenters. The molecule has 12 heteroatoms. The van der Waals surface area contributed by atoms with Gasteiger partial charge in [0, 0.05) is 10.0 Å². The normalized spacial score (nSPS) is 14.2. The number of nitrogens with zero attached hydrogens (tertiary/aromatic N) is 1. The smallest absolute Gasteiger partial charge is 0.343 e. The summed E-state index contributed by atoms with van der Waals surface area (Å²) < 4.78 is 36.3. The topological polar surface area (TPSA) is 120 Å². The van der Waals surface area contributed by atoms with Gasteiger partial charge in [0.15, 0.2) is 11.5 Å². The molecule has 0 bridgehead atoms. The third-order valence-corrected chi connectivity index (χ3v) is 6.06. The summed E-state index contributed by atoms with van der Waals surface area (Å²) in [5.41, 5.74) is -0.608. The summed E-state index contributed by atoms with van der Waals surface area (Å²) in [6.45, 7) is 0. The summed E-state index contributed by atoms with van der Waals surface area (Å²) in [7, 11) is 4.21. The van der Waals surface area contributed by atoms with E-state index in [1.807, 2.05) is 5.32 Å². The van der Waals surface area contributed by atoms with Crippen LogP contribution in [0.3, 0.4) is 0 Å². The Labute approximate surface area is 230 Å². The number of methoxy groups -OCH3 is 3. The summed E-state index contributed by atoms with van der Waals surface area (Å²) >= 11 is 3.31. The molecule has 3 aromatic rings. The second kappa shape index (κ2) is 11.4. The summed E-state index contributed by atoms with van der Waals surface area (Å²) in [6, 6.07) is 11.3. The van der Waals surface area contributed by atoms with Crippen LogP contribution < -0.4 is 29.2 Å². The summed E-state index contributed by atoms with van der Waals surface area (Å²) in [6.07, 6.45) is 1.14. The van der Waals surface area contributed by atoms with E-state index in [9.17, 15) is 23.6 Å². The van der Waals surface area contributed by atoms with Gasteiger partial charge < -0.3 is 18.9 Å². The van der Waals surface area contributed by atoms with Gasteiger partial charge in [0.1, 0.15) is 17.1 Å². The van der Waals surface area contributed by atoms with Crippen LogP contribution in [0.4, 0.5) is 14.9 Å². The number of halogens is 2. The third-order valence-electron chi connectivity index (χ3n) is 5.57. The molecule has 1 saturated heterocycles. The summed E-state index contributed by atoms with van der Waals surface area (Å²) in [5, 5.41) is 2.03. The Bertz CT molecular complexity index is 1510. The first-order valence-corrected chi connectivity index (χ1v) is 12.0. The van der Waals surface area contributed by atoms with Crippen LogP contribution in [0.15, 0.2) is 64.6 Å². The lowest BCUT2D eigenvalue weighted by Gasteiger charge is -2.26. The van der Waals surface area contributed by atoms with Gasteiger partial charge in [0.05, 0.1) is 32.6 Å². The van der Waals surface area contributed by atoms with Gasteiger partial charge in [0.25, 0.3) is 11.8 Å². The molecule has 4 rings (SSSR count). The van der Waals surface area contributed by atoms with E-state index in [-0.39, 0.29) is 39.8 Å². The molecule has 0 aromatic heterocycles. The quantitative estimate of drug-likeness (QED) is 0.183. The Morgan fingerprint density at radius 1 is 0.923 bits per heavy atom. The van der Waals surface area contributed by atoms with E-state index in [4.69, 9.17) is 18.9 Å². The largest absolute Gasteiger partial charge is 0.493 e. The monoisotopic (exact) mass is 598 g/mol. The van der Waals surface area contributed by atoms with E-state index in [1.165, 1.54) is 63.8 Å². The number of urea groups is 1. The molecular weight excluding hydrogens is 579 g/mol. The zero-order valence-electron chi connectivity index (χ0n) is 20.7. The molecule has 0 saturated carbocycles. The van der Waals surface area contributed by atoms with Crippen LogP contribution in [-0.4, -0.2) is 45.1 Å². The Morgan fingerprint density at radius 3 is 2.21 bits per heavy atom. The first kappa shape index (κ1) is 27.3. The van der Waals surface area contributed by atoms with E-state index >= 15 is 0 Å². The molecule has 4 amide bonds. The minimum absolute atomic E-state index is 0.0145. The molecule has 10 nitrogen and oxygen atoms in total. The average Bonchev–Trinajstić information content (AvgIpc) is 2.92. The lowest BCUT2D eigenvalue weighted by Crippen LogP contribution is -2.54. The van der Waals surface area contributed by atoms with Gasteiger partial charge in [-0.15, -0.1) is 0 Å². The Hall–Kier alpha value is -4.71. The van der Waals surface area contributed by atoms with Crippen molar-refractivity contribution in [3.05, 3.63) is 81.6 Å². The van der Waals surface area contributed by atoms with Crippen molar-refractivity contribution in [1.29, 1.82) is 0 Å². The maximum Gasteiger partial charge on any atom is 0.343 e. The minimum Gasteiger partial charge on any atom is -0.493 e. The zero-order valence-corrected chi connectivity index (χ0v) is 22.3. The summed E-state index contributed by atoms with van der Waals surface area (Å²) in [5.74, 6) is -2.99. The van der Waals surface area contributed by atoms with Crippen molar-refractivity contribution in [3.8, 4) is 23.0 Å². The molecule has 1 fully saturated rings. The highest BCUT2D eigenvalue weighted by atomic mass is 79.9. The number of benzene rings is 3. The van der Waals surface area contributed by atoms with Crippen molar-refractivity contribution in [2.24, 2.45) is 0 Å². The highest BCUT2D eigenvalue weighted by Gasteiger charge is 2.38. The van der Waals surface area contributed by atoms with Gasteiger partial charge in [0.2, 0.25) is 5.75 Å². The van der Waals surface area contributed by atoms with Crippen LogP contribution >= 0.6 is 15.9 Å². The fourth-order valence-corrected chi connectivity index (χ4v) is 4.13. The minimum atomic E-state index is -1.10. The number of rotatable bonds is 7. The van der Waals surface area contributed by atoms with Crippen molar-refractivity contribution in [2.45, 2.75) is 0 Å².